The molecular weight excluding hydrogens is 200 g/mol. The molecule has 3 rings (SSSR count). The lowest BCUT2D eigenvalue weighted by molar-refractivity contribution is 0.129. The van der Waals surface area contributed by atoms with Crippen molar-refractivity contribution in [2.45, 2.75) is 18.4 Å². The second-order valence-corrected chi connectivity index (χ2v) is 4.37. The molecule has 82 valence electrons. The molecule has 1 aliphatic carbocycles. The molecule has 1 aromatic heterocycles. The number of hydrogen-bond donors (Lipinski definition) is 1. The molecule has 0 saturated carbocycles. The number of rotatable bonds is 2. The predicted octanol–water partition coefficient (Wildman–Crippen LogP) is 1.79. The molecule has 0 bridgehead atoms. The fraction of sp³-hybridized carbons (Fsp3) is 0.308. The zero-order valence-electron chi connectivity index (χ0n) is 9.17. The molecule has 1 heterocycles. The van der Waals surface area contributed by atoms with Crippen molar-refractivity contribution < 1.29 is 5.11 Å². The lowest BCUT2D eigenvalue weighted by Crippen LogP contribution is -2.23. The maximum atomic E-state index is 10.2. The lowest BCUT2D eigenvalue weighted by Gasteiger charge is -2.33. The van der Waals surface area contributed by atoms with Crippen LogP contribution in [0, 0.1) is 0 Å². The summed E-state index contributed by atoms with van der Waals surface area (Å²) < 4.78 is 1.73. The molecule has 1 aromatic carbocycles. The van der Waals surface area contributed by atoms with E-state index in [1.165, 1.54) is 11.1 Å². The van der Waals surface area contributed by atoms with E-state index in [0.717, 1.165) is 12.1 Å². The van der Waals surface area contributed by atoms with E-state index < -0.39 is 6.10 Å². The van der Waals surface area contributed by atoms with Crippen LogP contribution in [-0.4, -0.2) is 14.9 Å². The van der Waals surface area contributed by atoms with Gasteiger partial charge in [-0.2, -0.15) is 5.10 Å². The topological polar surface area (TPSA) is 38.0 Å². The second kappa shape index (κ2) is 3.46. The Labute approximate surface area is 94.3 Å². The third kappa shape index (κ3) is 1.36. The molecule has 0 aliphatic heterocycles. The van der Waals surface area contributed by atoms with Crippen molar-refractivity contribution in [3.63, 3.8) is 0 Å². The van der Waals surface area contributed by atoms with Gasteiger partial charge in [-0.3, -0.25) is 4.68 Å². The Morgan fingerprint density at radius 3 is 2.88 bits per heavy atom. The molecule has 2 aromatic rings. The summed E-state index contributed by atoms with van der Waals surface area (Å²) in [5, 5.41) is 14.5. The smallest absolute Gasteiger partial charge is 0.105 e. The van der Waals surface area contributed by atoms with Crippen molar-refractivity contribution in [2.24, 2.45) is 7.05 Å². The molecular formula is C13H14N2O. The van der Waals surface area contributed by atoms with E-state index in [1.807, 2.05) is 31.4 Å². The Morgan fingerprint density at radius 1 is 1.38 bits per heavy atom. The highest BCUT2D eigenvalue weighted by atomic mass is 16.3. The first-order valence-electron chi connectivity index (χ1n) is 5.51. The van der Waals surface area contributed by atoms with Gasteiger partial charge in [-0.15, -0.1) is 0 Å². The molecule has 2 atom stereocenters. The van der Waals surface area contributed by atoms with E-state index in [2.05, 4.69) is 17.2 Å². The van der Waals surface area contributed by atoms with Crippen molar-refractivity contribution >= 4 is 0 Å². The van der Waals surface area contributed by atoms with Crippen LogP contribution in [0.1, 0.15) is 28.8 Å². The van der Waals surface area contributed by atoms with Crippen molar-refractivity contribution in [1.29, 1.82) is 0 Å². The van der Waals surface area contributed by atoms with E-state index in [1.54, 1.807) is 4.68 Å². The monoisotopic (exact) mass is 214 g/mol. The Balaban J connectivity index is 1.87. The van der Waals surface area contributed by atoms with Crippen LogP contribution < -0.4 is 0 Å². The fourth-order valence-electron chi connectivity index (χ4n) is 2.38. The van der Waals surface area contributed by atoms with E-state index in [-0.39, 0.29) is 5.92 Å². The standard InChI is InChI=1S/C13H14N2O/c1-15-7-6-12(14-15)13(16)11-8-9-4-2-3-5-10(9)11/h2-7,11,13,16H,8H2,1H3. The highest BCUT2D eigenvalue weighted by Crippen LogP contribution is 2.42. The molecule has 1 aliphatic rings. The van der Waals surface area contributed by atoms with Gasteiger partial charge in [0.1, 0.15) is 6.10 Å². The SMILES string of the molecule is Cn1ccc(C(O)C2Cc3ccccc32)n1. The minimum Gasteiger partial charge on any atom is -0.386 e. The quantitative estimate of drug-likeness (QED) is 0.827. The average Bonchev–Trinajstić information content (AvgIpc) is 2.67. The number of aromatic nitrogens is 2. The molecule has 1 N–H and O–H groups in total. The summed E-state index contributed by atoms with van der Waals surface area (Å²) >= 11 is 0. The zero-order chi connectivity index (χ0) is 11.1. The minimum atomic E-state index is -0.476. The Kier molecular flexibility index (Phi) is 2.07. The Bertz CT molecular complexity index is 518. The van der Waals surface area contributed by atoms with Crippen molar-refractivity contribution in [3.8, 4) is 0 Å². The number of aryl methyl sites for hydroxylation is 1. The van der Waals surface area contributed by atoms with Gasteiger partial charge >= 0.3 is 0 Å². The summed E-state index contributed by atoms with van der Waals surface area (Å²) in [5.41, 5.74) is 3.38. The number of hydrogen-bond acceptors (Lipinski definition) is 2. The summed E-state index contributed by atoms with van der Waals surface area (Å²) in [4.78, 5) is 0. The maximum Gasteiger partial charge on any atom is 0.105 e. The summed E-state index contributed by atoms with van der Waals surface area (Å²) in [6.07, 6.45) is 2.34. The van der Waals surface area contributed by atoms with Crippen molar-refractivity contribution in [2.75, 3.05) is 0 Å². The van der Waals surface area contributed by atoms with Gasteiger partial charge in [-0.25, -0.2) is 0 Å². The minimum absolute atomic E-state index is 0.214. The van der Waals surface area contributed by atoms with E-state index in [9.17, 15) is 5.11 Å². The van der Waals surface area contributed by atoms with Gasteiger partial charge in [-0.05, 0) is 23.6 Å². The van der Waals surface area contributed by atoms with Gasteiger partial charge in [0.05, 0.1) is 5.69 Å². The van der Waals surface area contributed by atoms with Gasteiger partial charge in [0.15, 0.2) is 0 Å². The van der Waals surface area contributed by atoms with E-state index in [0.29, 0.717) is 0 Å². The van der Waals surface area contributed by atoms with Gasteiger partial charge in [0.25, 0.3) is 0 Å². The first-order valence-corrected chi connectivity index (χ1v) is 5.51. The Morgan fingerprint density at radius 2 is 2.19 bits per heavy atom. The molecule has 3 nitrogen and oxygen atoms in total. The van der Waals surface area contributed by atoms with Crippen LogP contribution in [0.3, 0.4) is 0 Å². The van der Waals surface area contributed by atoms with Crippen molar-refractivity contribution in [1.82, 2.24) is 9.78 Å². The molecule has 0 spiro atoms. The third-order valence-corrected chi connectivity index (χ3v) is 3.31. The highest BCUT2D eigenvalue weighted by Gasteiger charge is 2.33. The van der Waals surface area contributed by atoms with Crippen LogP contribution in [-0.2, 0) is 13.5 Å². The lowest BCUT2D eigenvalue weighted by atomic mass is 9.74. The van der Waals surface area contributed by atoms with E-state index in [4.69, 9.17) is 0 Å². The molecule has 2 unspecified atom stereocenters. The maximum absolute atomic E-state index is 10.2. The third-order valence-electron chi connectivity index (χ3n) is 3.31. The second-order valence-electron chi connectivity index (χ2n) is 4.37. The zero-order valence-corrected chi connectivity index (χ0v) is 9.17. The van der Waals surface area contributed by atoms with Gasteiger partial charge < -0.3 is 5.11 Å². The Hall–Kier alpha value is -1.61. The molecule has 0 radical (unpaired) electrons. The van der Waals surface area contributed by atoms with E-state index >= 15 is 0 Å². The number of fused-ring (bicyclic) bond motifs is 1. The predicted molar refractivity (Wildman–Crippen MR) is 61.1 cm³/mol. The average molecular weight is 214 g/mol. The highest BCUT2D eigenvalue weighted by molar-refractivity contribution is 5.41. The molecule has 0 saturated heterocycles. The van der Waals surface area contributed by atoms with Crippen molar-refractivity contribution in [3.05, 3.63) is 53.3 Å². The first kappa shape index (κ1) is 9.60. The number of nitrogens with zero attached hydrogens (tertiary/aromatic N) is 2. The van der Waals surface area contributed by atoms with Crippen LogP contribution in [0.2, 0.25) is 0 Å². The van der Waals surface area contributed by atoms with Gasteiger partial charge in [0, 0.05) is 19.2 Å². The van der Waals surface area contributed by atoms with Crippen LogP contribution in [0.5, 0.6) is 0 Å². The molecule has 0 fully saturated rings. The molecule has 3 heteroatoms. The summed E-state index contributed by atoms with van der Waals surface area (Å²) in [7, 11) is 1.87. The normalized spacial score (nSPS) is 20.0. The fourth-order valence-corrected chi connectivity index (χ4v) is 2.38. The van der Waals surface area contributed by atoms with Crippen LogP contribution >= 0.6 is 0 Å². The molecule has 16 heavy (non-hydrogen) atoms. The summed E-state index contributed by atoms with van der Waals surface area (Å²) in [6, 6.07) is 10.2. The van der Waals surface area contributed by atoms with Gasteiger partial charge in [-0.1, -0.05) is 24.3 Å². The molecule has 0 amide bonds. The van der Waals surface area contributed by atoms with Crippen LogP contribution in [0.25, 0.3) is 0 Å². The number of aliphatic hydroxyl groups is 1. The summed E-state index contributed by atoms with van der Waals surface area (Å²) in [5.74, 6) is 0.214. The number of benzene rings is 1. The first-order chi connectivity index (χ1) is 7.75. The largest absolute Gasteiger partial charge is 0.386 e. The summed E-state index contributed by atoms with van der Waals surface area (Å²) in [6.45, 7) is 0. The van der Waals surface area contributed by atoms with Crippen LogP contribution in [0.4, 0.5) is 0 Å². The van der Waals surface area contributed by atoms with Crippen LogP contribution in [0.15, 0.2) is 36.5 Å². The number of aliphatic hydroxyl groups excluding tert-OH is 1. The van der Waals surface area contributed by atoms with Gasteiger partial charge in [0.2, 0.25) is 0 Å².